The molecule has 1 rings (SSSR count). The normalized spacial score (nSPS) is 22.1. The van der Waals surface area contributed by atoms with Crippen LogP contribution in [0.15, 0.2) is 0 Å². The van der Waals surface area contributed by atoms with Gasteiger partial charge in [0.2, 0.25) is 5.91 Å². The van der Waals surface area contributed by atoms with Crippen LogP contribution in [0, 0.1) is 12.3 Å². The van der Waals surface area contributed by atoms with E-state index in [1.165, 1.54) is 0 Å². The zero-order valence-electron chi connectivity index (χ0n) is 9.11. The van der Waals surface area contributed by atoms with E-state index in [4.69, 9.17) is 16.9 Å². The highest BCUT2D eigenvalue weighted by Crippen LogP contribution is 2.13. The third-order valence-electron chi connectivity index (χ3n) is 2.53. The maximum atomic E-state index is 11.7. The van der Waals surface area contributed by atoms with Crippen LogP contribution in [-0.2, 0) is 9.53 Å². The number of hydrogen-bond acceptors (Lipinski definition) is 3. The maximum Gasteiger partial charge on any atom is 0.240 e. The van der Waals surface area contributed by atoms with E-state index >= 15 is 0 Å². The summed E-state index contributed by atoms with van der Waals surface area (Å²) < 4.78 is 5.44. The van der Waals surface area contributed by atoms with Crippen LogP contribution in [0.2, 0.25) is 0 Å². The number of ether oxygens (including phenoxy) is 1. The predicted octanol–water partition coefficient (Wildman–Crippen LogP) is -0.0256. The average molecular weight is 210 g/mol. The van der Waals surface area contributed by atoms with Gasteiger partial charge in [0.05, 0.1) is 12.1 Å². The number of amides is 1. The highest BCUT2D eigenvalue weighted by molar-refractivity contribution is 5.81. The predicted molar refractivity (Wildman–Crippen MR) is 58.0 cm³/mol. The molecule has 0 spiro atoms. The highest BCUT2D eigenvalue weighted by atomic mass is 16.5. The van der Waals surface area contributed by atoms with Crippen LogP contribution in [0.25, 0.3) is 0 Å². The SMILES string of the molecule is C#CCC(N)C(=O)N(C)CC1CCCO1. The van der Waals surface area contributed by atoms with E-state index in [9.17, 15) is 4.79 Å². The zero-order chi connectivity index (χ0) is 11.3. The fourth-order valence-corrected chi connectivity index (χ4v) is 1.68. The molecule has 1 heterocycles. The van der Waals surface area contributed by atoms with Crippen LogP contribution < -0.4 is 5.73 Å². The van der Waals surface area contributed by atoms with E-state index in [0.717, 1.165) is 19.4 Å². The quantitative estimate of drug-likeness (QED) is 0.663. The minimum atomic E-state index is -0.582. The van der Waals surface area contributed by atoms with Crippen molar-refractivity contribution in [1.82, 2.24) is 4.90 Å². The molecule has 1 fully saturated rings. The van der Waals surface area contributed by atoms with Gasteiger partial charge in [0.15, 0.2) is 0 Å². The summed E-state index contributed by atoms with van der Waals surface area (Å²) in [5.41, 5.74) is 5.63. The van der Waals surface area contributed by atoms with E-state index in [2.05, 4.69) is 5.92 Å². The van der Waals surface area contributed by atoms with Gasteiger partial charge in [-0.15, -0.1) is 12.3 Å². The number of nitrogens with zero attached hydrogens (tertiary/aromatic N) is 1. The number of carbonyl (C=O) groups excluding carboxylic acids is 1. The number of rotatable bonds is 4. The van der Waals surface area contributed by atoms with Crippen LogP contribution >= 0.6 is 0 Å². The monoisotopic (exact) mass is 210 g/mol. The number of terminal acetylenes is 1. The molecular formula is C11H18N2O2. The average Bonchev–Trinajstić information content (AvgIpc) is 2.69. The summed E-state index contributed by atoms with van der Waals surface area (Å²) in [6.45, 7) is 1.40. The minimum Gasteiger partial charge on any atom is -0.376 e. The van der Waals surface area contributed by atoms with Crippen molar-refractivity contribution in [3.8, 4) is 12.3 Å². The van der Waals surface area contributed by atoms with Crippen LogP contribution in [0.4, 0.5) is 0 Å². The van der Waals surface area contributed by atoms with Gasteiger partial charge in [-0.1, -0.05) is 0 Å². The Kier molecular flexibility index (Phi) is 4.60. The van der Waals surface area contributed by atoms with Gasteiger partial charge < -0.3 is 15.4 Å². The second-order valence-electron chi connectivity index (χ2n) is 3.87. The molecule has 1 saturated heterocycles. The topological polar surface area (TPSA) is 55.6 Å². The number of hydrogen-bond donors (Lipinski definition) is 1. The molecule has 2 atom stereocenters. The molecule has 1 amide bonds. The highest BCUT2D eigenvalue weighted by Gasteiger charge is 2.22. The molecule has 2 unspecified atom stereocenters. The molecule has 0 aromatic heterocycles. The third kappa shape index (κ3) is 3.54. The molecule has 84 valence electrons. The van der Waals surface area contributed by atoms with Gasteiger partial charge in [-0.25, -0.2) is 0 Å². The van der Waals surface area contributed by atoms with E-state index in [0.29, 0.717) is 6.54 Å². The van der Waals surface area contributed by atoms with Gasteiger partial charge in [0.1, 0.15) is 0 Å². The maximum absolute atomic E-state index is 11.7. The summed E-state index contributed by atoms with van der Waals surface area (Å²) >= 11 is 0. The van der Waals surface area contributed by atoms with Crippen LogP contribution in [-0.4, -0.2) is 43.2 Å². The van der Waals surface area contributed by atoms with Crippen molar-refractivity contribution >= 4 is 5.91 Å². The van der Waals surface area contributed by atoms with Crippen molar-refractivity contribution in [3.63, 3.8) is 0 Å². The van der Waals surface area contributed by atoms with Crippen molar-refractivity contribution in [3.05, 3.63) is 0 Å². The van der Waals surface area contributed by atoms with E-state index in [1.807, 2.05) is 0 Å². The minimum absolute atomic E-state index is 0.108. The standard InChI is InChI=1S/C11H18N2O2/c1-3-5-10(12)11(14)13(2)8-9-6-4-7-15-9/h1,9-10H,4-8,12H2,2H3. The van der Waals surface area contributed by atoms with Crippen molar-refractivity contribution in [2.24, 2.45) is 5.73 Å². The first-order valence-corrected chi connectivity index (χ1v) is 5.20. The molecule has 15 heavy (non-hydrogen) atoms. The Morgan fingerprint density at radius 2 is 2.53 bits per heavy atom. The first-order valence-electron chi connectivity index (χ1n) is 5.20. The van der Waals surface area contributed by atoms with Crippen molar-refractivity contribution < 1.29 is 9.53 Å². The Morgan fingerprint density at radius 1 is 1.80 bits per heavy atom. The van der Waals surface area contributed by atoms with Gasteiger partial charge in [0.25, 0.3) is 0 Å². The lowest BCUT2D eigenvalue weighted by Crippen LogP contribution is -2.44. The first kappa shape index (κ1) is 12.0. The molecule has 2 N–H and O–H groups in total. The third-order valence-corrected chi connectivity index (χ3v) is 2.53. The fraction of sp³-hybridized carbons (Fsp3) is 0.727. The molecule has 0 aliphatic carbocycles. The smallest absolute Gasteiger partial charge is 0.240 e. The Labute approximate surface area is 90.8 Å². The van der Waals surface area contributed by atoms with Gasteiger partial charge >= 0.3 is 0 Å². The lowest BCUT2D eigenvalue weighted by molar-refractivity contribution is -0.132. The van der Waals surface area contributed by atoms with Crippen LogP contribution in [0.3, 0.4) is 0 Å². The molecule has 0 radical (unpaired) electrons. The van der Waals surface area contributed by atoms with Gasteiger partial charge in [-0.05, 0) is 12.8 Å². The molecule has 0 aromatic carbocycles. The summed E-state index contributed by atoms with van der Waals surface area (Å²) in [7, 11) is 1.74. The first-order chi connectivity index (χ1) is 7.15. The Hall–Kier alpha value is -1.05. The number of likely N-dealkylation sites (N-methyl/N-ethyl adjacent to an activating group) is 1. The van der Waals surface area contributed by atoms with Crippen molar-refractivity contribution in [2.45, 2.75) is 31.4 Å². The fourth-order valence-electron chi connectivity index (χ4n) is 1.68. The van der Waals surface area contributed by atoms with Gasteiger partial charge in [0, 0.05) is 26.6 Å². The molecular weight excluding hydrogens is 192 g/mol. The van der Waals surface area contributed by atoms with E-state index in [-0.39, 0.29) is 18.4 Å². The van der Waals surface area contributed by atoms with Crippen molar-refractivity contribution in [1.29, 1.82) is 0 Å². The lowest BCUT2D eigenvalue weighted by Gasteiger charge is -2.23. The lowest BCUT2D eigenvalue weighted by atomic mass is 10.2. The molecule has 0 aromatic rings. The summed E-state index contributed by atoms with van der Waals surface area (Å²) in [4.78, 5) is 13.3. The number of carbonyl (C=O) groups is 1. The summed E-state index contributed by atoms with van der Waals surface area (Å²) in [5.74, 6) is 2.29. The van der Waals surface area contributed by atoms with Crippen molar-refractivity contribution in [2.75, 3.05) is 20.2 Å². The second kappa shape index (κ2) is 5.74. The largest absolute Gasteiger partial charge is 0.376 e. The molecule has 4 nitrogen and oxygen atoms in total. The molecule has 1 aliphatic heterocycles. The van der Waals surface area contributed by atoms with Crippen LogP contribution in [0.5, 0.6) is 0 Å². The summed E-state index contributed by atoms with van der Waals surface area (Å²) in [5, 5.41) is 0. The number of nitrogens with two attached hydrogens (primary N) is 1. The Balaban J connectivity index is 2.35. The van der Waals surface area contributed by atoms with Crippen LogP contribution in [0.1, 0.15) is 19.3 Å². The molecule has 0 saturated carbocycles. The summed E-state index contributed by atoms with van der Waals surface area (Å²) in [6.07, 6.45) is 7.64. The zero-order valence-corrected chi connectivity index (χ0v) is 9.11. The Morgan fingerprint density at radius 3 is 3.07 bits per heavy atom. The van der Waals surface area contributed by atoms with E-state index in [1.54, 1.807) is 11.9 Å². The van der Waals surface area contributed by atoms with Gasteiger partial charge in [-0.2, -0.15) is 0 Å². The summed E-state index contributed by atoms with van der Waals surface area (Å²) in [6, 6.07) is -0.582. The molecule has 4 heteroatoms. The van der Waals surface area contributed by atoms with Gasteiger partial charge in [-0.3, -0.25) is 4.79 Å². The molecule has 1 aliphatic rings. The second-order valence-corrected chi connectivity index (χ2v) is 3.87. The Bertz CT molecular complexity index is 254. The van der Waals surface area contributed by atoms with E-state index < -0.39 is 6.04 Å². The molecule has 0 bridgehead atoms.